The number of aromatic nitrogens is 1. The van der Waals surface area contributed by atoms with Crippen LogP contribution in [-0.4, -0.2) is 24.1 Å². The van der Waals surface area contributed by atoms with Crippen molar-refractivity contribution in [3.63, 3.8) is 0 Å². The minimum atomic E-state index is -0.304. The zero-order chi connectivity index (χ0) is 9.42. The fourth-order valence-electron chi connectivity index (χ4n) is 1.33. The predicted molar refractivity (Wildman–Crippen MR) is 52.1 cm³/mol. The number of hydrogen-bond donors (Lipinski definition) is 1. The maximum absolute atomic E-state index is 13.3. The van der Waals surface area contributed by atoms with Gasteiger partial charge in [0, 0.05) is 29.8 Å². The summed E-state index contributed by atoms with van der Waals surface area (Å²) in [5.41, 5.74) is 5.59. The van der Waals surface area contributed by atoms with Crippen LogP contribution >= 0.6 is 15.9 Å². The molecule has 0 radical (unpaired) electrons. The first-order valence-electron chi connectivity index (χ1n) is 3.98. The number of nitrogens with zero attached hydrogens (tertiary/aromatic N) is 2. The molecule has 70 valence electrons. The molecule has 1 fully saturated rings. The van der Waals surface area contributed by atoms with Gasteiger partial charge in [-0.1, -0.05) is 0 Å². The van der Waals surface area contributed by atoms with Gasteiger partial charge < -0.3 is 10.6 Å². The second-order valence-corrected chi connectivity index (χ2v) is 4.04. The second-order valence-electron chi connectivity index (χ2n) is 3.12. The molecule has 0 bridgehead atoms. The Morgan fingerprint density at radius 3 is 2.85 bits per heavy atom. The summed E-state index contributed by atoms with van der Waals surface area (Å²) in [6, 6.07) is 1.57. The van der Waals surface area contributed by atoms with Gasteiger partial charge in [0.1, 0.15) is 0 Å². The van der Waals surface area contributed by atoms with E-state index >= 15 is 0 Å². The number of rotatable bonds is 1. The Bertz CT molecular complexity index is 325. The third kappa shape index (κ3) is 1.66. The lowest BCUT2D eigenvalue weighted by Gasteiger charge is -2.37. The predicted octanol–water partition coefficient (Wildman–Crippen LogP) is 1.13. The van der Waals surface area contributed by atoms with E-state index in [4.69, 9.17) is 5.73 Å². The fraction of sp³-hybridized carbons (Fsp3) is 0.375. The molecule has 0 atom stereocenters. The average molecular weight is 246 g/mol. The van der Waals surface area contributed by atoms with Crippen LogP contribution in [0.15, 0.2) is 16.7 Å². The summed E-state index contributed by atoms with van der Waals surface area (Å²) in [7, 11) is 0. The first-order chi connectivity index (χ1) is 6.16. The lowest BCUT2D eigenvalue weighted by atomic mass is 10.1. The minimum absolute atomic E-state index is 0.157. The molecular formula is C8H9BrFN3. The standard InChI is InChI=1S/C8H9BrFN3/c9-5-1-7(10)8(12-2-5)13-3-6(11)4-13/h1-2,6H,3-4,11H2. The number of anilines is 1. The molecule has 0 aromatic carbocycles. The van der Waals surface area contributed by atoms with Gasteiger partial charge >= 0.3 is 0 Å². The van der Waals surface area contributed by atoms with Crippen molar-refractivity contribution in [2.24, 2.45) is 5.73 Å². The molecule has 0 spiro atoms. The van der Waals surface area contributed by atoms with Crippen LogP contribution in [0.4, 0.5) is 10.2 Å². The summed E-state index contributed by atoms with van der Waals surface area (Å²) in [6.07, 6.45) is 1.59. The summed E-state index contributed by atoms with van der Waals surface area (Å²) >= 11 is 3.15. The number of halogens is 2. The van der Waals surface area contributed by atoms with Crippen LogP contribution in [0.5, 0.6) is 0 Å². The Morgan fingerprint density at radius 2 is 2.31 bits per heavy atom. The average Bonchev–Trinajstić information content (AvgIpc) is 2.00. The Labute approximate surface area is 83.9 Å². The van der Waals surface area contributed by atoms with E-state index in [-0.39, 0.29) is 11.9 Å². The number of nitrogens with two attached hydrogens (primary N) is 1. The summed E-state index contributed by atoms with van der Waals surface area (Å²) < 4.78 is 13.9. The van der Waals surface area contributed by atoms with Crippen molar-refractivity contribution < 1.29 is 4.39 Å². The van der Waals surface area contributed by atoms with E-state index in [9.17, 15) is 4.39 Å². The van der Waals surface area contributed by atoms with Gasteiger partial charge in [-0.2, -0.15) is 0 Å². The van der Waals surface area contributed by atoms with Crippen molar-refractivity contribution in [1.82, 2.24) is 4.98 Å². The molecule has 5 heteroatoms. The van der Waals surface area contributed by atoms with Gasteiger partial charge in [0.05, 0.1) is 0 Å². The van der Waals surface area contributed by atoms with Crippen LogP contribution in [0.2, 0.25) is 0 Å². The van der Waals surface area contributed by atoms with Gasteiger partial charge in [0.25, 0.3) is 0 Å². The summed E-state index contributed by atoms with van der Waals surface area (Å²) in [4.78, 5) is 5.81. The molecule has 0 saturated carbocycles. The second kappa shape index (κ2) is 3.23. The topological polar surface area (TPSA) is 42.1 Å². The van der Waals surface area contributed by atoms with Crippen molar-refractivity contribution in [2.75, 3.05) is 18.0 Å². The van der Waals surface area contributed by atoms with Crippen LogP contribution in [0.25, 0.3) is 0 Å². The van der Waals surface area contributed by atoms with Crippen molar-refractivity contribution in [3.05, 3.63) is 22.6 Å². The van der Waals surface area contributed by atoms with Crippen molar-refractivity contribution in [3.8, 4) is 0 Å². The van der Waals surface area contributed by atoms with E-state index < -0.39 is 0 Å². The number of hydrogen-bond acceptors (Lipinski definition) is 3. The lowest BCUT2D eigenvalue weighted by molar-refractivity contribution is 0.498. The Kier molecular flexibility index (Phi) is 2.21. The molecule has 3 nitrogen and oxygen atoms in total. The highest BCUT2D eigenvalue weighted by Crippen LogP contribution is 2.23. The molecule has 1 aliphatic rings. The molecule has 13 heavy (non-hydrogen) atoms. The Hall–Kier alpha value is -0.680. The molecule has 0 aliphatic carbocycles. The molecule has 0 unspecified atom stereocenters. The quantitative estimate of drug-likeness (QED) is 0.807. The van der Waals surface area contributed by atoms with Gasteiger partial charge in [-0.05, 0) is 22.0 Å². The maximum Gasteiger partial charge on any atom is 0.166 e. The highest BCUT2D eigenvalue weighted by Gasteiger charge is 2.26. The SMILES string of the molecule is NC1CN(c2ncc(Br)cc2F)C1. The molecular weight excluding hydrogens is 237 g/mol. The largest absolute Gasteiger partial charge is 0.351 e. The van der Waals surface area contributed by atoms with Gasteiger partial charge in [-0.3, -0.25) is 0 Å². The highest BCUT2D eigenvalue weighted by molar-refractivity contribution is 9.10. The van der Waals surface area contributed by atoms with E-state index in [0.717, 1.165) is 0 Å². The number of pyridine rings is 1. The van der Waals surface area contributed by atoms with Gasteiger partial charge in [0.15, 0.2) is 11.6 Å². The van der Waals surface area contributed by atoms with Gasteiger partial charge in [-0.15, -0.1) is 0 Å². The summed E-state index contributed by atoms with van der Waals surface area (Å²) in [5.74, 6) is 0.0891. The zero-order valence-corrected chi connectivity index (χ0v) is 8.46. The minimum Gasteiger partial charge on any atom is -0.351 e. The van der Waals surface area contributed by atoms with Crippen LogP contribution in [0.1, 0.15) is 0 Å². The van der Waals surface area contributed by atoms with E-state index in [2.05, 4.69) is 20.9 Å². The Morgan fingerprint density at radius 1 is 1.62 bits per heavy atom. The maximum atomic E-state index is 13.3. The molecule has 1 aromatic heterocycles. The first kappa shape index (κ1) is 8.90. The van der Waals surface area contributed by atoms with Crippen LogP contribution in [-0.2, 0) is 0 Å². The van der Waals surface area contributed by atoms with E-state index in [1.54, 1.807) is 6.20 Å². The van der Waals surface area contributed by atoms with Gasteiger partial charge in [0.2, 0.25) is 0 Å². The molecule has 2 rings (SSSR count). The van der Waals surface area contributed by atoms with Crippen LogP contribution in [0.3, 0.4) is 0 Å². The summed E-state index contributed by atoms with van der Waals surface area (Å²) in [5, 5.41) is 0. The molecule has 2 heterocycles. The highest BCUT2D eigenvalue weighted by atomic mass is 79.9. The van der Waals surface area contributed by atoms with Crippen molar-refractivity contribution >= 4 is 21.7 Å². The molecule has 1 aliphatic heterocycles. The smallest absolute Gasteiger partial charge is 0.166 e. The van der Waals surface area contributed by atoms with Crippen molar-refractivity contribution in [1.29, 1.82) is 0 Å². The third-order valence-electron chi connectivity index (χ3n) is 2.00. The molecule has 2 N–H and O–H groups in total. The Balaban J connectivity index is 2.21. The lowest BCUT2D eigenvalue weighted by Crippen LogP contribution is -2.56. The molecule has 0 amide bonds. The van der Waals surface area contributed by atoms with Gasteiger partial charge in [-0.25, -0.2) is 9.37 Å². The van der Waals surface area contributed by atoms with E-state index in [0.29, 0.717) is 23.4 Å². The summed E-state index contributed by atoms with van der Waals surface area (Å²) in [6.45, 7) is 1.37. The molecule has 1 aromatic rings. The zero-order valence-electron chi connectivity index (χ0n) is 6.87. The van der Waals surface area contributed by atoms with Crippen LogP contribution < -0.4 is 10.6 Å². The third-order valence-corrected chi connectivity index (χ3v) is 2.43. The fourth-order valence-corrected chi connectivity index (χ4v) is 1.63. The van der Waals surface area contributed by atoms with E-state index in [1.165, 1.54) is 6.07 Å². The normalized spacial score (nSPS) is 17.3. The van der Waals surface area contributed by atoms with Crippen LogP contribution in [0, 0.1) is 5.82 Å². The van der Waals surface area contributed by atoms with Crippen molar-refractivity contribution in [2.45, 2.75) is 6.04 Å². The van der Waals surface area contributed by atoms with E-state index in [1.807, 2.05) is 4.90 Å². The first-order valence-corrected chi connectivity index (χ1v) is 4.77. The monoisotopic (exact) mass is 245 g/mol. The molecule has 1 saturated heterocycles.